The number of H-pyrrole nitrogens is 1. The van der Waals surface area contributed by atoms with Crippen molar-refractivity contribution in [2.45, 2.75) is 50.0 Å². The Labute approximate surface area is 230 Å². The molecule has 1 saturated heterocycles. The number of halogens is 4. The van der Waals surface area contributed by atoms with E-state index in [0.717, 1.165) is 19.1 Å². The van der Waals surface area contributed by atoms with Crippen LogP contribution < -0.4 is 10.6 Å². The highest BCUT2D eigenvalue weighted by Gasteiger charge is 2.57. The van der Waals surface area contributed by atoms with Gasteiger partial charge in [0.15, 0.2) is 0 Å². The number of amides is 4. The zero-order valence-corrected chi connectivity index (χ0v) is 21.4. The molecule has 3 aromatic rings. The van der Waals surface area contributed by atoms with E-state index in [9.17, 15) is 36.7 Å². The van der Waals surface area contributed by atoms with E-state index in [1.54, 1.807) is 0 Å². The molecule has 214 valence electrons. The molecule has 41 heavy (non-hydrogen) atoms. The molecule has 14 heteroatoms. The molecule has 10 nitrogen and oxygen atoms in total. The van der Waals surface area contributed by atoms with Gasteiger partial charge in [0, 0.05) is 36.8 Å². The molecule has 1 aliphatic heterocycles. The lowest BCUT2D eigenvalue weighted by Crippen LogP contribution is -2.46. The summed E-state index contributed by atoms with van der Waals surface area (Å²) >= 11 is 0. The predicted octanol–water partition coefficient (Wildman–Crippen LogP) is 4.12. The van der Waals surface area contributed by atoms with Gasteiger partial charge in [-0.2, -0.15) is 18.3 Å². The summed E-state index contributed by atoms with van der Waals surface area (Å²) in [5.74, 6) is -3.61. The smallest absolute Gasteiger partial charge is 0.415 e. The van der Waals surface area contributed by atoms with E-state index in [-0.39, 0.29) is 28.9 Å². The summed E-state index contributed by atoms with van der Waals surface area (Å²) in [6.07, 6.45) is -5.04. The highest BCUT2D eigenvalue weighted by atomic mass is 19.4. The molecule has 0 radical (unpaired) electrons. The fourth-order valence-electron chi connectivity index (χ4n) is 5.14. The molecule has 1 spiro atoms. The summed E-state index contributed by atoms with van der Waals surface area (Å²) in [6.45, 7) is 0.404. The van der Waals surface area contributed by atoms with Gasteiger partial charge in [-0.15, -0.1) is 0 Å². The zero-order chi connectivity index (χ0) is 29.5. The van der Waals surface area contributed by atoms with Gasteiger partial charge < -0.3 is 15.0 Å². The number of alkyl carbamates (subject to hydrolysis) is 1. The SMILES string of the molecule is C[C@H](N(Cc1ccc(F)cc1)C(=O)CC1C[C@@]2(OC(=O)NC2=O)c2ccc(NC(=O)c3ccn[nH]3)cc21)C(F)(F)F. The summed E-state index contributed by atoms with van der Waals surface area (Å²) in [7, 11) is 0. The number of anilines is 1. The molecule has 1 unspecified atom stereocenters. The Kier molecular flexibility index (Phi) is 7.01. The molecular weight excluding hydrogens is 550 g/mol. The minimum atomic E-state index is -4.75. The lowest BCUT2D eigenvalue weighted by Gasteiger charge is -2.32. The van der Waals surface area contributed by atoms with Crippen molar-refractivity contribution in [2.24, 2.45) is 0 Å². The molecule has 5 rings (SSSR count). The van der Waals surface area contributed by atoms with E-state index in [1.807, 2.05) is 0 Å². The number of carbonyl (C=O) groups is 4. The second-order valence-corrected chi connectivity index (χ2v) is 9.87. The van der Waals surface area contributed by atoms with Gasteiger partial charge in [0.2, 0.25) is 11.5 Å². The van der Waals surface area contributed by atoms with Gasteiger partial charge in [-0.25, -0.2) is 9.18 Å². The predicted molar refractivity (Wildman–Crippen MR) is 134 cm³/mol. The largest absolute Gasteiger partial charge is 0.427 e. The number of benzene rings is 2. The van der Waals surface area contributed by atoms with Gasteiger partial charge in [-0.3, -0.25) is 24.8 Å². The molecule has 1 fully saturated rings. The average Bonchev–Trinajstić information content (AvgIpc) is 3.62. The first-order valence-electron chi connectivity index (χ1n) is 12.5. The first-order chi connectivity index (χ1) is 19.4. The van der Waals surface area contributed by atoms with Crippen molar-refractivity contribution < 1.29 is 41.5 Å². The number of aromatic nitrogens is 2. The fourth-order valence-corrected chi connectivity index (χ4v) is 5.14. The van der Waals surface area contributed by atoms with Crippen molar-refractivity contribution in [2.75, 3.05) is 5.32 Å². The van der Waals surface area contributed by atoms with Crippen LogP contribution in [0, 0.1) is 5.82 Å². The van der Waals surface area contributed by atoms with Gasteiger partial charge in [0.05, 0.1) is 0 Å². The molecular formula is C27H23F4N5O5. The molecule has 3 N–H and O–H groups in total. The zero-order valence-electron chi connectivity index (χ0n) is 21.4. The third-order valence-corrected chi connectivity index (χ3v) is 7.26. The minimum absolute atomic E-state index is 0.162. The van der Waals surface area contributed by atoms with Crippen molar-refractivity contribution >= 4 is 29.5 Å². The number of carbonyl (C=O) groups excluding carboxylic acids is 4. The summed E-state index contributed by atoms with van der Waals surface area (Å²) in [6, 6.07) is 8.44. The van der Waals surface area contributed by atoms with Crippen LogP contribution in [0.4, 0.5) is 28.0 Å². The van der Waals surface area contributed by atoms with E-state index in [0.29, 0.717) is 10.5 Å². The second kappa shape index (κ2) is 10.3. The lowest BCUT2D eigenvalue weighted by atomic mass is 9.94. The van der Waals surface area contributed by atoms with Gasteiger partial charge in [0.25, 0.3) is 11.8 Å². The van der Waals surface area contributed by atoms with E-state index < -0.39 is 66.3 Å². The van der Waals surface area contributed by atoms with E-state index in [2.05, 4.69) is 20.8 Å². The highest BCUT2D eigenvalue weighted by Crippen LogP contribution is 2.51. The number of alkyl halides is 3. The Morgan fingerprint density at radius 2 is 1.90 bits per heavy atom. The van der Waals surface area contributed by atoms with Crippen LogP contribution in [0.25, 0.3) is 0 Å². The monoisotopic (exact) mass is 573 g/mol. The maximum absolute atomic E-state index is 13.8. The number of hydrogen-bond acceptors (Lipinski definition) is 6. The van der Waals surface area contributed by atoms with Crippen molar-refractivity contribution in [1.82, 2.24) is 20.4 Å². The van der Waals surface area contributed by atoms with Crippen molar-refractivity contribution in [3.8, 4) is 0 Å². The van der Waals surface area contributed by atoms with Crippen LogP contribution in [0.15, 0.2) is 54.7 Å². The van der Waals surface area contributed by atoms with Crippen LogP contribution in [0.2, 0.25) is 0 Å². The Morgan fingerprint density at radius 1 is 1.17 bits per heavy atom. The van der Waals surface area contributed by atoms with Crippen LogP contribution in [0.3, 0.4) is 0 Å². The van der Waals surface area contributed by atoms with Crippen molar-refractivity contribution in [3.63, 3.8) is 0 Å². The number of imide groups is 1. The number of rotatable bonds is 7. The molecule has 1 aromatic heterocycles. The molecule has 2 aromatic carbocycles. The fraction of sp³-hybridized carbons (Fsp3) is 0.296. The normalized spacial score (nSPS) is 20.4. The van der Waals surface area contributed by atoms with Crippen molar-refractivity contribution in [3.05, 3.63) is 82.9 Å². The van der Waals surface area contributed by atoms with Gasteiger partial charge in [0.1, 0.15) is 17.6 Å². The number of aromatic amines is 1. The van der Waals surface area contributed by atoms with E-state index >= 15 is 0 Å². The maximum Gasteiger partial charge on any atom is 0.415 e. The first kappa shape index (κ1) is 27.8. The standard InChI is InChI=1S/C27H23F4N5O5/c1-14(27(29,30)31)36(13-15-2-4-17(28)5-3-15)22(37)10-16-12-26(24(39)34-25(40)41-26)20-7-6-18(11-19(16)20)33-23(38)21-8-9-32-35-21/h2-9,11,14,16H,10,12-13H2,1H3,(H,32,35)(H,33,38)(H,34,39,40)/t14-,16?,26+/m0/s1. The summed E-state index contributed by atoms with van der Waals surface area (Å²) in [5.41, 5.74) is -0.447. The van der Waals surface area contributed by atoms with E-state index in [1.165, 1.54) is 42.6 Å². The maximum atomic E-state index is 13.8. The van der Waals surface area contributed by atoms with E-state index in [4.69, 9.17) is 4.74 Å². The molecule has 4 amide bonds. The number of ether oxygens (including phenoxy) is 1. The molecule has 2 aliphatic rings. The first-order valence-corrected chi connectivity index (χ1v) is 12.5. The Morgan fingerprint density at radius 3 is 2.51 bits per heavy atom. The summed E-state index contributed by atoms with van der Waals surface area (Å²) < 4.78 is 60.1. The van der Waals surface area contributed by atoms with Crippen LogP contribution in [0.5, 0.6) is 0 Å². The number of hydrogen-bond donors (Lipinski definition) is 3. The molecule has 0 bridgehead atoms. The molecule has 3 atom stereocenters. The number of fused-ring (bicyclic) bond motifs is 2. The Hall–Kier alpha value is -4.75. The van der Waals surface area contributed by atoms with Crippen LogP contribution in [-0.4, -0.2) is 51.1 Å². The highest BCUT2D eigenvalue weighted by molar-refractivity contribution is 6.05. The van der Waals surface area contributed by atoms with Crippen molar-refractivity contribution in [1.29, 1.82) is 0 Å². The number of nitrogens with zero attached hydrogens (tertiary/aromatic N) is 2. The average molecular weight is 574 g/mol. The van der Waals surface area contributed by atoms with Crippen LogP contribution in [-0.2, 0) is 26.5 Å². The molecule has 0 saturated carbocycles. The summed E-state index contributed by atoms with van der Waals surface area (Å²) in [4.78, 5) is 51.5. The van der Waals surface area contributed by atoms with Crippen LogP contribution in [0.1, 0.15) is 52.9 Å². The summed E-state index contributed by atoms with van der Waals surface area (Å²) in [5, 5.41) is 11.0. The second-order valence-electron chi connectivity index (χ2n) is 9.87. The Bertz CT molecular complexity index is 1510. The third-order valence-electron chi connectivity index (χ3n) is 7.26. The van der Waals surface area contributed by atoms with Crippen LogP contribution >= 0.6 is 0 Å². The lowest BCUT2D eigenvalue weighted by molar-refractivity contribution is -0.187. The Balaban J connectivity index is 1.47. The topological polar surface area (TPSA) is 133 Å². The minimum Gasteiger partial charge on any atom is -0.427 e. The van der Waals surface area contributed by atoms with Gasteiger partial charge in [-0.1, -0.05) is 18.2 Å². The number of nitrogens with one attached hydrogen (secondary N) is 3. The third kappa shape index (κ3) is 5.36. The molecule has 2 heterocycles. The van der Waals surface area contributed by atoms with Gasteiger partial charge in [-0.05, 0) is 54.3 Å². The van der Waals surface area contributed by atoms with Gasteiger partial charge >= 0.3 is 12.3 Å². The molecule has 1 aliphatic carbocycles. The quantitative estimate of drug-likeness (QED) is 0.364.